The Balaban J connectivity index is 1.69. The van der Waals surface area contributed by atoms with Crippen molar-refractivity contribution in [3.8, 4) is 0 Å². The molecule has 0 radical (unpaired) electrons. The van der Waals surface area contributed by atoms with E-state index in [0.29, 0.717) is 24.3 Å². The van der Waals surface area contributed by atoms with Gasteiger partial charge in [0.15, 0.2) is 5.82 Å². The molecule has 7 heteroatoms. The zero-order chi connectivity index (χ0) is 14.4. The molecule has 7 nitrogen and oxygen atoms in total. The molecule has 0 aliphatic carbocycles. The van der Waals surface area contributed by atoms with Crippen LogP contribution in [0.1, 0.15) is 33.2 Å². The van der Waals surface area contributed by atoms with Crippen molar-refractivity contribution < 1.29 is 14.3 Å². The highest BCUT2D eigenvalue weighted by molar-refractivity contribution is 6.34. The van der Waals surface area contributed by atoms with Gasteiger partial charge < -0.3 is 4.74 Å². The summed E-state index contributed by atoms with van der Waals surface area (Å²) >= 11 is 0. The van der Waals surface area contributed by atoms with Gasteiger partial charge in [0.1, 0.15) is 0 Å². The molecule has 2 aliphatic rings. The second kappa shape index (κ2) is 4.49. The number of carbonyl (C=O) groups is 2. The molecule has 1 fully saturated rings. The van der Waals surface area contributed by atoms with Crippen LogP contribution in [0.5, 0.6) is 0 Å². The molecule has 0 spiro atoms. The summed E-state index contributed by atoms with van der Waals surface area (Å²) in [5.41, 5.74) is 0.808. The predicted molar refractivity (Wildman–Crippen MR) is 72.1 cm³/mol. The Bertz CT molecular complexity index is 698. The van der Waals surface area contributed by atoms with Crippen LogP contribution in [0.15, 0.2) is 30.5 Å². The lowest BCUT2D eigenvalue weighted by Crippen LogP contribution is -2.29. The van der Waals surface area contributed by atoms with Crippen molar-refractivity contribution >= 4 is 17.6 Å². The minimum Gasteiger partial charge on any atom is -0.379 e. The van der Waals surface area contributed by atoms with E-state index in [2.05, 4.69) is 10.3 Å². The summed E-state index contributed by atoms with van der Waals surface area (Å²) in [6.45, 7) is 1.26. The molecule has 1 atom stereocenters. The number of benzene rings is 1. The van der Waals surface area contributed by atoms with E-state index in [9.17, 15) is 9.59 Å². The molecule has 1 saturated heterocycles. The van der Waals surface area contributed by atoms with E-state index >= 15 is 0 Å². The molecule has 0 bridgehead atoms. The fraction of sp³-hybridized carbons (Fsp3) is 0.286. The molecule has 0 saturated carbocycles. The SMILES string of the molecule is O=C1c2ccccc2C(=O)N1c1cn([C@@H]2CCOC2)nn1. The summed E-state index contributed by atoms with van der Waals surface area (Å²) in [5, 5.41) is 7.98. The van der Waals surface area contributed by atoms with Gasteiger partial charge in [-0.3, -0.25) is 9.59 Å². The highest BCUT2D eigenvalue weighted by Gasteiger charge is 2.38. The third-order valence-corrected chi connectivity index (χ3v) is 3.80. The Morgan fingerprint density at radius 3 is 2.48 bits per heavy atom. The van der Waals surface area contributed by atoms with E-state index in [0.717, 1.165) is 11.3 Å². The molecule has 4 rings (SSSR count). The van der Waals surface area contributed by atoms with E-state index < -0.39 is 0 Å². The Morgan fingerprint density at radius 2 is 1.86 bits per heavy atom. The van der Waals surface area contributed by atoms with Gasteiger partial charge in [0.2, 0.25) is 0 Å². The number of hydrogen-bond acceptors (Lipinski definition) is 5. The number of amides is 2. The number of imide groups is 1. The van der Waals surface area contributed by atoms with Crippen molar-refractivity contribution in [2.24, 2.45) is 0 Å². The average Bonchev–Trinajstić information content (AvgIpc) is 3.21. The van der Waals surface area contributed by atoms with Gasteiger partial charge >= 0.3 is 0 Å². The van der Waals surface area contributed by atoms with Crippen molar-refractivity contribution in [3.05, 3.63) is 41.6 Å². The highest BCUT2D eigenvalue weighted by Crippen LogP contribution is 2.27. The lowest BCUT2D eigenvalue weighted by molar-refractivity contribution is 0.0925. The molecule has 2 aromatic rings. The molecule has 0 N–H and O–H groups in total. The standard InChI is InChI=1S/C14H12N4O3/c19-13-10-3-1-2-4-11(10)14(20)18(13)12-7-17(16-15-12)9-5-6-21-8-9/h1-4,7,9H,5-6,8H2/t9-/m1/s1. The highest BCUT2D eigenvalue weighted by atomic mass is 16.5. The quantitative estimate of drug-likeness (QED) is 0.770. The van der Waals surface area contributed by atoms with Crippen molar-refractivity contribution in [1.82, 2.24) is 15.0 Å². The van der Waals surface area contributed by atoms with Crippen molar-refractivity contribution in [2.45, 2.75) is 12.5 Å². The summed E-state index contributed by atoms with van der Waals surface area (Å²) in [7, 11) is 0. The third kappa shape index (κ3) is 1.78. The van der Waals surface area contributed by atoms with Crippen LogP contribution in [0.25, 0.3) is 0 Å². The molecule has 1 aromatic carbocycles. The lowest BCUT2D eigenvalue weighted by atomic mass is 10.1. The zero-order valence-corrected chi connectivity index (χ0v) is 11.1. The first kappa shape index (κ1) is 12.2. The van der Waals surface area contributed by atoms with Gasteiger partial charge in [-0.25, -0.2) is 9.58 Å². The van der Waals surface area contributed by atoms with Crippen LogP contribution >= 0.6 is 0 Å². The predicted octanol–water partition coefficient (Wildman–Crippen LogP) is 1.04. The van der Waals surface area contributed by atoms with E-state index in [1.807, 2.05) is 0 Å². The fourth-order valence-corrected chi connectivity index (χ4v) is 2.68. The Kier molecular flexibility index (Phi) is 2.61. The fourth-order valence-electron chi connectivity index (χ4n) is 2.68. The maximum Gasteiger partial charge on any atom is 0.267 e. The van der Waals surface area contributed by atoms with Crippen LogP contribution in [0.4, 0.5) is 5.82 Å². The van der Waals surface area contributed by atoms with Gasteiger partial charge in [0, 0.05) is 6.61 Å². The molecule has 0 unspecified atom stereocenters. The maximum atomic E-state index is 12.3. The van der Waals surface area contributed by atoms with Crippen molar-refractivity contribution in [1.29, 1.82) is 0 Å². The van der Waals surface area contributed by atoms with Gasteiger partial charge in [-0.05, 0) is 18.6 Å². The van der Waals surface area contributed by atoms with E-state index in [-0.39, 0.29) is 23.7 Å². The van der Waals surface area contributed by atoms with Gasteiger partial charge in [-0.2, -0.15) is 0 Å². The number of anilines is 1. The second-order valence-electron chi connectivity index (χ2n) is 5.07. The third-order valence-electron chi connectivity index (χ3n) is 3.80. The number of carbonyl (C=O) groups excluding carboxylic acids is 2. The second-order valence-corrected chi connectivity index (χ2v) is 5.07. The van der Waals surface area contributed by atoms with Gasteiger partial charge in [-0.15, -0.1) is 5.10 Å². The van der Waals surface area contributed by atoms with Crippen LogP contribution in [-0.2, 0) is 4.74 Å². The van der Waals surface area contributed by atoms with Gasteiger partial charge in [0.05, 0.1) is 30.0 Å². The summed E-state index contributed by atoms with van der Waals surface area (Å²) < 4.78 is 6.96. The summed E-state index contributed by atoms with van der Waals surface area (Å²) in [5.74, 6) is -0.455. The first-order chi connectivity index (χ1) is 10.3. The van der Waals surface area contributed by atoms with Crippen molar-refractivity contribution in [3.63, 3.8) is 0 Å². The van der Waals surface area contributed by atoms with E-state index in [4.69, 9.17) is 4.74 Å². The van der Waals surface area contributed by atoms with E-state index in [1.165, 1.54) is 0 Å². The van der Waals surface area contributed by atoms with Crippen LogP contribution in [0.3, 0.4) is 0 Å². The molecule has 3 heterocycles. The average molecular weight is 284 g/mol. The summed E-state index contributed by atoms with van der Waals surface area (Å²) in [6, 6.07) is 6.87. The number of rotatable bonds is 2. The molecular weight excluding hydrogens is 272 g/mol. The Hall–Kier alpha value is -2.54. The van der Waals surface area contributed by atoms with Gasteiger partial charge in [-0.1, -0.05) is 17.3 Å². The molecule has 1 aromatic heterocycles. The van der Waals surface area contributed by atoms with Crippen LogP contribution in [-0.4, -0.2) is 40.0 Å². The molecule has 2 amide bonds. The largest absolute Gasteiger partial charge is 0.379 e. The number of aromatic nitrogens is 3. The number of nitrogens with zero attached hydrogens (tertiary/aromatic N) is 4. The summed E-state index contributed by atoms with van der Waals surface area (Å²) in [6.07, 6.45) is 2.48. The van der Waals surface area contributed by atoms with Crippen LogP contribution in [0, 0.1) is 0 Å². The zero-order valence-electron chi connectivity index (χ0n) is 11.1. The molecule has 2 aliphatic heterocycles. The number of ether oxygens (including phenoxy) is 1. The topological polar surface area (TPSA) is 77.3 Å². The van der Waals surface area contributed by atoms with Crippen LogP contribution < -0.4 is 4.90 Å². The molecule has 21 heavy (non-hydrogen) atoms. The maximum absolute atomic E-state index is 12.3. The number of fused-ring (bicyclic) bond motifs is 1. The Labute approximate surface area is 120 Å². The van der Waals surface area contributed by atoms with Crippen molar-refractivity contribution in [2.75, 3.05) is 18.1 Å². The molecule has 106 valence electrons. The Morgan fingerprint density at radius 1 is 1.14 bits per heavy atom. The minimum atomic E-state index is -0.356. The first-order valence-corrected chi connectivity index (χ1v) is 6.73. The van der Waals surface area contributed by atoms with Crippen LogP contribution in [0.2, 0.25) is 0 Å². The normalized spacial score (nSPS) is 21.1. The first-order valence-electron chi connectivity index (χ1n) is 6.73. The molecular formula is C14H12N4O3. The number of hydrogen-bond donors (Lipinski definition) is 0. The van der Waals surface area contributed by atoms with E-state index in [1.54, 1.807) is 35.1 Å². The summed E-state index contributed by atoms with van der Waals surface area (Å²) in [4.78, 5) is 25.8. The minimum absolute atomic E-state index is 0.112. The van der Waals surface area contributed by atoms with Gasteiger partial charge in [0.25, 0.3) is 11.8 Å². The monoisotopic (exact) mass is 284 g/mol. The lowest BCUT2D eigenvalue weighted by Gasteiger charge is -2.09. The smallest absolute Gasteiger partial charge is 0.267 e.